The van der Waals surface area contributed by atoms with E-state index in [2.05, 4.69) is 16.5 Å². The fourth-order valence-electron chi connectivity index (χ4n) is 3.37. The number of H-pyrrole nitrogens is 1. The molecule has 1 heterocycles. The maximum atomic E-state index is 6.12. The van der Waals surface area contributed by atoms with Crippen LogP contribution in [0.4, 0.5) is 0 Å². The predicted molar refractivity (Wildman–Crippen MR) is 83.3 cm³/mol. The molecule has 1 saturated carbocycles. The Labute approximate surface area is 123 Å². The molecule has 19 heavy (non-hydrogen) atoms. The lowest BCUT2D eigenvalue weighted by Gasteiger charge is -2.28. The number of hydrogen-bond acceptors (Lipinski definition) is 1. The molecule has 1 aromatic carbocycles. The molecule has 0 unspecified atom stereocenters. The zero-order chi connectivity index (χ0) is 13.5. The maximum absolute atomic E-state index is 6.12. The quantitative estimate of drug-likeness (QED) is 0.760. The molecule has 0 atom stereocenters. The van der Waals surface area contributed by atoms with Gasteiger partial charge in [0, 0.05) is 11.6 Å². The monoisotopic (exact) mass is 294 g/mol. The summed E-state index contributed by atoms with van der Waals surface area (Å²) in [5.41, 5.74) is 2.64. The van der Waals surface area contributed by atoms with Crippen LogP contribution in [0.25, 0.3) is 11.0 Å². The van der Waals surface area contributed by atoms with Gasteiger partial charge in [-0.05, 0) is 55.1 Å². The third kappa shape index (κ3) is 2.34. The van der Waals surface area contributed by atoms with Gasteiger partial charge in [0.05, 0.1) is 11.0 Å². The lowest BCUT2D eigenvalue weighted by atomic mass is 9.83. The molecule has 0 aliphatic heterocycles. The third-order valence-electron chi connectivity index (χ3n) is 4.65. The van der Waals surface area contributed by atoms with Crippen LogP contribution >= 0.6 is 23.8 Å². The average molecular weight is 295 g/mol. The standard InChI is InChI=1S/C15H19ClN2S/c1-2-15(7-3-4-8-15)10-18-13-9-11(16)5-6-12(13)17-14(18)19/h5-6,9H,2-4,7-8,10H2,1H3,(H,17,19). The Bertz CT molecular complexity index is 650. The summed E-state index contributed by atoms with van der Waals surface area (Å²) in [5, 5.41) is 0.771. The Morgan fingerprint density at radius 1 is 1.37 bits per heavy atom. The van der Waals surface area contributed by atoms with Crippen molar-refractivity contribution in [1.29, 1.82) is 0 Å². The summed E-state index contributed by atoms with van der Waals surface area (Å²) in [6.07, 6.45) is 6.56. The van der Waals surface area contributed by atoms with E-state index < -0.39 is 0 Å². The molecule has 0 radical (unpaired) electrons. The summed E-state index contributed by atoms with van der Waals surface area (Å²) in [6, 6.07) is 5.93. The Kier molecular flexibility index (Phi) is 3.44. The van der Waals surface area contributed by atoms with Gasteiger partial charge in [-0.2, -0.15) is 0 Å². The number of benzene rings is 1. The van der Waals surface area contributed by atoms with E-state index in [9.17, 15) is 0 Å². The van der Waals surface area contributed by atoms with Crippen molar-refractivity contribution in [2.24, 2.45) is 5.41 Å². The van der Waals surface area contributed by atoms with E-state index in [4.69, 9.17) is 23.8 Å². The highest BCUT2D eigenvalue weighted by Gasteiger charge is 2.32. The van der Waals surface area contributed by atoms with E-state index in [0.29, 0.717) is 5.41 Å². The van der Waals surface area contributed by atoms with Gasteiger partial charge in [0.25, 0.3) is 0 Å². The summed E-state index contributed by atoms with van der Waals surface area (Å²) < 4.78 is 3.06. The summed E-state index contributed by atoms with van der Waals surface area (Å²) in [4.78, 5) is 3.29. The number of imidazole rings is 1. The predicted octanol–water partition coefficient (Wildman–Crippen LogP) is 5.32. The minimum absolute atomic E-state index is 0.426. The number of fused-ring (bicyclic) bond motifs is 1. The zero-order valence-electron chi connectivity index (χ0n) is 11.2. The number of hydrogen-bond donors (Lipinski definition) is 1. The molecule has 3 rings (SSSR count). The van der Waals surface area contributed by atoms with Gasteiger partial charge in [0.2, 0.25) is 0 Å². The molecule has 102 valence electrons. The number of aromatic nitrogens is 2. The van der Waals surface area contributed by atoms with Crippen LogP contribution in [-0.2, 0) is 6.54 Å². The highest BCUT2D eigenvalue weighted by atomic mass is 35.5. The van der Waals surface area contributed by atoms with E-state index >= 15 is 0 Å². The highest BCUT2D eigenvalue weighted by molar-refractivity contribution is 7.71. The fraction of sp³-hybridized carbons (Fsp3) is 0.533. The molecule has 1 aliphatic carbocycles. The van der Waals surface area contributed by atoms with Crippen LogP contribution in [0.5, 0.6) is 0 Å². The van der Waals surface area contributed by atoms with E-state index in [0.717, 1.165) is 27.4 Å². The number of rotatable bonds is 3. The largest absolute Gasteiger partial charge is 0.331 e. The van der Waals surface area contributed by atoms with Crippen molar-refractivity contribution in [3.63, 3.8) is 0 Å². The van der Waals surface area contributed by atoms with Gasteiger partial charge < -0.3 is 9.55 Å². The zero-order valence-corrected chi connectivity index (χ0v) is 12.8. The second-order valence-corrected chi connectivity index (χ2v) is 6.56. The number of aromatic amines is 1. The van der Waals surface area contributed by atoms with Crippen LogP contribution in [0.15, 0.2) is 18.2 Å². The van der Waals surface area contributed by atoms with Crippen molar-refractivity contribution in [2.45, 2.75) is 45.6 Å². The first-order chi connectivity index (χ1) is 9.13. The lowest BCUT2D eigenvalue weighted by Crippen LogP contribution is -2.22. The maximum Gasteiger partial charge on any atom is 0.178 e. The van der Waals surface area contributed by atoms with Gasteiger partial charge in [-0.1, -0.05) is 31.4 Å². The topological polar surface area (TPSA) is 20.7 Å². The highest BCUT2D eigenvalue weighted by Crippen LogP contribution is 2.43. The van der Waals surface area contributed by atoms with Crippen molar-refractivity contribution >= 4 is 34.9 Å². The molecule has 4 heteroatoms. The van der Waals surface area contributed by atoms with Crippen LogP contribution in [0.2, 0.25) is 5.02 Å². The fourth-order valence-corrected chi connectivity index (χ4v) is 3.81. The second-order valence-electron chi connectivity index (χ2n) is 5.74. The molecule has 0 saturated heterocycles. The first kappa shape index (κ1) is 13.2. The van der Waals surface area contributed by atoms with Crippen molar-refractivity contribution < 1.29 is 0 Å². The van der Waals surface area contributed by atoms with Crippen LogP contribution < -0.4 is 0 Å². The molecule has 0 amide bonds. The molecule has 1 fully saturated rings. The van der Waals surface area contributed by atoms with Crippen LogP contribution in [0.3, 0.4) is 0 Å². The van der Waals surface area contributed by atoms with Gasteiger partial charge in [-0.3, -0.25) is 0 Å². The first-order valence-electron chi connectivity index (χ1n) is 7.02. The third-order valence-corrected chi connectivity index (χ3v) is 5.20. The van der Waals surface area contributed by atoms with Crippen molar-refractivity contribution in [2.75, 3.05) is 0 Å². The van der Waals surface area contributed by atoms with Gasteiger partial charge in [-0.15, -0.1) is 0 Å². The molecule has 0 bridgehead atoms. The second kappa shape index (κ2) is 4.95. The molecule has 2 nitrogen and oxygen atoms in total. The molecule has 1 aromatic heterocycles. The smallest absolute Gasteiger partial charge is 0.178 e. The number of nitrogens with zero attached hydrogens (tertiary/aromatic N) is 1. The van der Waals surface area contributed by atoms with E-state index in [1.165, 1.54) is 32.1 Å². The molecular weight excluding hydrogens is 276 g/mol. The Morgan fingerprint density at radius 3 is 2.79 bits per heavy atom. The normalized spacial score (nSPS) is 18.2. The van der Waals surface area contributed by atoms with Gasteiger partial charge in [0.15, 0.2) is 4.77 Å². The Morgan fingerprint density at radius 2 is 2.11 bits per heavy atom. The Hall–Kier alpha value is -0.800. The summed E-state index contributed by atoms with van der Waals surface area (Å²) in [6.45, 7) is 3.32. The molecule has 2 aromatic rings. The molecule has 1 N–H and O–H groups in total. The van der Waals surface area contributed by atoms with E-state index in [1.54, 1.807) is 0 Å². The minimum atomic E-state index is 0.426. The van der Waals surface area contributed by atoms with Crippen LogP contribution in [0, 0.1) is 10.2 Å². The Balaban J connectivity index is 2.07. The number of nitrogens with one attached hydrogen (secondary N) is 1. The summed E-state index contributed by atoms with van der Waals surface area (Å²) in [7, 11) is 0. The molecule has 1 aliphatic rings. The minimum Gasteiger partial charge on any atom is -0.331 e. The van der Waals surface area contributed by atoms with Crippen LogP contribution in [-0.4, -0.2) is 9.55 Å². The van der Waals surface area contributed by atoms with Crippen molar-refractivity contribution in [1.82, 2.24) is 9.55 Å². The average Bonchev–Trinajstić information content (AvgIpc) is 2.98. The molecule has 0 spiro atoms. The summed E-state index contributed by atoms with van der Waals surface area (Å²) in [5.74, 6) is 0. The number of halogens is 1. The van der Waals surface area contributed by atoms with Gasteiger partial charge >= 0.3 is 0 Å². The van der Waals surface area contributed by atoms with Gasteiger partial charge in [-0.25, -0.2) is 0 Å². The van der Waals surface area contributed by atoms with Crippen molar-refractivity contribution in [3.05, 3.63) is 28.0 Å². The van der Waals surface area contributed by atoms with E-state index in [-0.39, 0.29) is 0 Å². The van der Waals surface area contributed by atoms with E-state index in [1.807, 2.05) is 18.2 Å². The molecular formula is C15H19ClN2S. The lowest BCUT2D eigenvalue weighted by molar-refractivity contribution is 0.239. The van der Waals surface area contributed by atoms with Crippen molar-refractivity contribution in [3.8, 4) is 0 Å². The summed E-state index contributed by atoms with van der Waals surface area (Å²) >= 11 is 11.6. The SMILES string of the molecule is CCC1(Cn2c(=S)[nH]c3ccc(Cl)cc32)CCCC1. The van der Waals surface area contributed by atoms with Gasteiger partial charge in [0.1, 0.15) is 0 Å². The first-order valence-corrected chi connectivity index (χ1v) is 7.80. The van der Waals surface area contributed by atoms with Crippen LogP contribution in [0.1, 0.15) is 39.0 Å².